The number of carbonyl (C=O) groups excluding carboxylic acids is 8. The lowest BCUT2D eigenvalue weighted by Gasteiger charge is -2.27. The number of benzene rings is 1. The van der Waals surface area contributed by atoms with Gasteiger partial charge in [0.25, 0.3) is 0 Å². The van der Waals surface area contributed by atoms with E-state index in [1.807, 2.05) is 0 Å². The van der Waals surface area contributed by atoms with Crippen LogP contribution < -0.4 is 54.8 Å². The average molecular weight is 886 g/mol. The number of imidazole rings is 1. The third-order valence-electron chi connectivity index (χ3n) is 9.61. The highest BCUT2D eigenvalue weighted by Crippen LogP contribution is 2.20. The predicted octanol–water partition coefficient (Wildman–Crippen LogP) is -5.75. The van der Waals surface area contributed by atoms with Crippen molar-refractivity contribution in [2.45, 2.75) is 93.7 Å². The number of fused-ring (bicyclic) bond motifs is 1. The molecule has 0 aliphatic carbocycles. The average Bonchev–Trinajstić information content (AvgIpc) is 3.92. The van der Waals surface area contributed by atoms with E-state index < -0.39 is 128 Å². The Morgan fingerprint density at radius 2 is 1.22 bits per heavy atom. The lowest BCUT2D eigenvalue weighted by Crippen LogP contribution is -2.61. The number of hydrogen-bond acceptors (Lipinski definition) is 14. The molecule has 0 unspecified atom stereocenters. The molecule has 0 radical (unpaired) electrons. The molecule has 19 N–H and O–H groups in total. The number of carboxylic acids is 1. The second kappa shape index (κ2) is 25.1. The number of primary amides is 2. The number of rotatable bonds is 28. The Morgan fingerprint density at radius 1 is 0.651 bits per heavy atom. The van der Waals surface area contributed by atoms with E-state index >= 15 is 0 Å². The third kappa shape index (κ3) is 16.1. The van der Waals surface area contributed by atoms with Crippen molar-refractivity contribution >= 4 is 64.1 Å². The van der Waals surface area contributed by atoms with Crippen LogP contribution in [-0.4, -0.2) is 146 Å². The van der Waals surface area contributed by atoms with Crippen LogP contribution in [0.1, 0.15) is 49.8 Å². The summed E-state index contributed by atoms with van der Waals surface area (Å²) >= 11 is 0. The normalized spacial score (nSPS) is 14.4. The molecule has 2 heterocycles. The van der Waals surface area contributed by atoms with Crippen LogP contribution in [0.25, 0.3) is 10.9 Å². The Bertz CT molecular complexity index is 2060. The molecule has 25 nitrogen and oxygen atoms in total. The first kappa shape index (κ1) is 50.4. The van der Waals surface area contributed by atoms with E-state index in [2.05, 4.69) is 46.9 Å². The van der Waals surface area contributed by atoms with Crippen LogP contribution in [-0.2, 0) is 56.0 Å². The van der Waals surface area contributed by atoms with Crippen LogP contribution in [0.5, 0.6) is 0 Å². The smallest absolute Gasteiger partial charge is 0.326 e. The summed E-state index contributed by atoms with van der Waals surface area (Å²) in [4.78, 5) is 126. The maximum atomic E-state index is 14.1. The number of amides is 8. The molecule has 7 atom stereocenters. The van der Waals surface area contributed by atoms with Gasteiger partial charge in [0, 0.05) is 48.3 Å². The zero-order chi connectivity index (χ0) is 46.6. The molecule has 3 rings (SSSR count). The first-order valence-electron chi connectivity index (χ1n) is 19.8. The Morgan fingerprint density at radius 3 is 1.83 bits per heavy atom. The van der Waals surface area contributed by atoms with E-state index in [1.54, 1.807) is 30.5 Å². The van der Waals surface area contributed by atoms with E-state index in [1.165, 1.54) is 12.5 Å². The summed E-state index contributed by atoms with van der Waals surface area (Å²) in [7, 11) is 0. The van der Waals surface area contributed by atoms with Gasteiger partial charge in [-0.2, -0.15) is 0 Å². The molecule has 0 saturated heterocycles. The van der Waals surface area contributed by atoms with E-state index in [4.69, 9.17) is 22.9 Å². The molecule has 344 valence electrons. The van der Waals surface area contributed by atoms with E-state index in [9.17, 15) is 58.5 Å². The molecule has 0 aliphatic rings. The number of para-hydroxylation sites is 1. The molecule has 63 heavy (non-hydrogen) atoms. The first-order valence-corrected chi connectivity index (χ1v) is 19.8. The van der Waals surface area contributed by atoms with Crippen molar-refractivity contribution in [1.82, 2.24) is 46.9 Å². The number of unbranched alkanes of at least 4 members (excludes halogenated alkanes) is 1. The highest BCUT2D eigenvalue weighted by Gasteiger charge is 2.35. The lowest BCUT2D eigenvalue weighted by molar-refractivity contribution is -0.142. The Balaban J connectivity index is 1.91. The molecule has 0 spiro atoms. The summed E-state index contributed by atoms with van der Waals surface area (Å²) < 4.78 is 0. The summed E-state index contributed by atoms with van der Waals surface area (Å²) in [6.07, 6.45) is 2.84. The number of nitrogens with two attached hydrogens (primary N) is 4. The van der Waals surface area contributed by atoms with Gasteiger partial charge in [0.15, 0.2) is 0 Å². The largest absolute Gasteiger partial charge is 0.480 e. The maximum Gasteiger partial charge on any atom is 0.326 e. The van der Waals surface area contributed by atoms with Crippen molar-refractivity contribution in [2.75, 3.05) is 19.8 Å². The number of carbonyl (C=O) groups is 9. The van der Waals surface area contributed by atoms with Crippen molar-refractivity contribution in [3.8, 4) is 0 Å². The molecule has 1 aromatic carbocycles. The SMILES string of the molecule is NCCCC[C@H](NC(=O)[C@H](CC(N)=O)NC(=O)[C@H](Cc1c[nH]c2ccccc12)NC(=O)[C@H](CCC(N)=O)NC(=O)[C@H](CO)NC(=O)[C@H](Cc1cnc[nH]1)NC(=O)[C@@H](N)CO)C(=O)O. The highest BCUT2D eigenvalue weighted by atomic mass is 16.4. The van der Waals surface area contributed by atoms with Crippen LogP contribution in [0.2, 0.25) is 0 Å². The number of aromatic amines is 2. The second-order valence-electron chi connectivity index (χ2n) is 14.5. The fourth-order valence-electron chi connectivity index (χ4n) is 6.19. The van der Waals surface area contributed by atoms with Crippen LogP contribution in [0.15, 0.2) is 43.0 Å². The summed E-state index contributed by atoms with van der Waals surface area (Å²) in [6.45, 7) is -1.52. The monoisotopic (exact) mass is 885 g/mol. The third-order valence-corrected chi connectivity index (χ3v) is 9.61. The number of nitrogens with zero attached hydrogens (tertiary/aromatic N) is 1. The van der Waals surface area contributed by atoms with Crippen molar-refractivity contribution in [2.24, 2.45) is 22.9 Å². The Labute approximate surface area is 359 Å². The lowest BCUT2D eigenvalue weighted by atomic mass is 10.0. The number of hydrogen-bond donors (Lipinski definition) is 15. The number of carboxylic acid groups (broad SMARTS) is 1. The van der Waals surface area contributed by atoms with Gasteiger partial charge >= 0.3 is 5.97 Å². The molecule has 0 aliphatic heterocycles. The number of H-pyrrole nitrogens is 2. The van der Waals surface area contributed by atoms with Crippen LogP contribution in [0, 0.1) is 0 Å². The van der Waals surface area contributed by atoms with Gasteiger partial charge in [-0.15, -0.1) is 0 Å². The van der Waals surface area contributed by atoms with Crippen molar-refractivity contribution in [3.63, 3.8) is 0 Å². The predicted molar refractivity (Wildman–Crippen MR) is 221 cm³/mol. The molecule has 2 aromatic heterocycles. The minimum Gasteiger partial charge on any atom is -0.480 e. The number of aromatic nitrogens is 3. The molecule has 25 heteroatoms. The van der Waals surface area contributed by atoms with Crippen LogP contribution in [0.3, 0.4) is 0 Å². The molecule has 0 fully saturated rings. The fourth-order valence-corrected chi connectivity index (χ4v) is 6.19. The standard InChI is InChI=1S/C38H55N13O12/c39-10-4-3-7-25(38(62)63)47-36(60)28(13-31(42)55)50-34(58)26(11-19-14-44-23-6-2-1-5-21(19)23)49-33(57)24(8-9-30(41)54)46-37(61)29(17-53)51-35(59)27(12-20-15-43-18-45-20)48-32(56)22(40)16-52/h1-2,5-6,14-15,18,22,24-29,44,52-53H,3-4,7-13,16-17,39-40H2,(H2,41,54)(H2,42,55)(H,43,45)(H,46,61)(H,47,60)(H,48,56)(H,49,57)(H,50,58)(H,51,59)(H,62,63)/t22-,24-,25-,26-,27-,28-,29-/m0/s1. The van der Waals surface area contributed by atoms with Gasteiger partial charge in [-0.05, 0) is 43.9 Å². The number of nitrogens with one attached hydrogen (secondary N) is 8. The number of aliphatic hydroxyl groups is 2. The van der Waals surface area contributed by atoms with Crippen molar-refractivity contribution in [3.05, 3.63) is 54.2 Å². The van der Waals surface area contributed by atoms with E-state index in [0.29, 0.717) is 35.0 Å². The molecule has 3 aromatic rings. The summed E-state index contributed by atoms with van der Waals surface area (Å²) in [5.74, 6) is -9.55. The van der Waals surface area contributed by atoms with Gasteiger partial charge in [0.2, 0.25) is 47.3 Å². The molecular formula is C38H55N13O12. The second-order valence-corrected chi connectivity index (χ2v) is 14.5. The minimum absolute atomic E-state index is 0.0182. The van der Waals surface area contributed by atoms with Gasteiger partial charge in [-0.3, -0.25) is 38.4 Å². The number of aliphatic hydroxyl groups excluding tert-OH is 2. The topological polar surface area (TPSA) is 435 Å². The van der Waals surface area contributed by atoms with Gasteiger partial charge in [-0.1, -0.05) is 18.2 Å². The quantitative estimate of drug-likeness (QED) is 0.0302. The molecule has 0 bridgehead atoms. The highest BCUT2D eigenvalue weighted by molar-refractivity contribution is 5.98. The van der Waals surface area contributed by atoms with Crippen LogP contribution >= 0.6 is 0 Å². The van der Waals surface area contributed by atoms with Crippen LogP contribution in [0.4, 0.5) is 0 Å². The van der Waals surface area contributed by atoms with E-state index in [0.717, 1.165) is 0 Å². The summed E-state index contributed by atoms with van der Waals surface area (Å²) in [6, 6.07) is -4.02. The molecule has 8 amide bonds. The zero-order valence-electron chi connectivity index (χ0n) is 34.1. The minimum atomic E-state index is -1.77. The first-order chi connectivity index (χ1) is 30.0. The van der Waals surface area contributed by atoms with Crippen molar-refractivity contribution < 1.29 is 58.5 Å². The summed E-state index contributed by atoms with van der Waals surface area (Å²) in [5.41, 5.74) is 23.3. The maximum absolute atomic E-state index is 14.1. The molecule has 0 saturated carbocycles. The van der Waals surface area contributed by atoms with Crippen molar-refractivity contribution in [1.29, 1.82) is 0 Å². The number of aliphatic carboxylic acids is 1. The fraction of sp³-hybridized carbons (Fsp3) is 0.474. The Kier molecular flexibility index (Phi) is 20.1. The van der Waals surface area contributed by atoms with Gasteiger partial charge in [0.1, 0.15) is 42.3 Å². The zero-order valence-corrected chi connectivity index (χ0v) is 34.1. The van der Waals surface area contributed by atoms with Gasteiger partial charge in [0.05, 0.1) is 26.0 Å². The summed E-state index contributed by atoms with van der Waals surface area (Å²) in [5, 5.41) is 43.9. The van der Waals surface area contributed by atoms with Gasteiger partial charge < -0.3 is 80.1 Å². The Hall–Kier alpha value is -6.96. The van der Waals surface area contributed by atoms with Gasteiger partial charge in [-0.25, -0.2) is 9.78 Å². The van der Waals surface area contributed by atoms with E-state index in [-0.39, 0.29) is 25.8 Å². The molecular weight excluding hydrogens is 830 g/mol.